The van der Waals surface area contributed by atoms with Crippen LogP contribution < -0.4 is 0 Å². The molecular formula is C15H10ClNO. The minimum absolute atomic E-state index is 0.677. The fraction of sp³-hybridized carbons (Fsp3) is 0. The van der Waals surface area contributed by atoms with E-state index in [0.717, 1.165) is 33.3 Å². The van der Waals surface area contributed by atoms with E-state index in [-0.39, 0.29) is 0 Å². The highest BCUT2D eigenvalue weighted by atomic mass is 35.5. The van der Waals surface area contributed by atoms with Crippen LogP contribution in [0.5, 0.6) is 0 Å². The molecule has 0 amide bonds. The molecule has 0 bridgehead atoms. The van der Waals surface area contributed by atoms with Crippen LogP contribution in [-0.2, 0) is 0 Å². The Kier molecular flexibility index (Phi) is 2.65. The third-order valence-corrected chi connectivity index (χ3v) is 3.36. The lowest BCUT2D eigenvalue weighted by atomic mass is 10.0. The van der Waals surface area contributed by atoms with Crippen molar-refractivity contribution >= 4 is 28.8 Å². The molecule has 88 valence electrons. The van der Waals surface area contributed by atoms with Crippen molar-refractivity contribution in [2.24, 2.45) is 0 Å². The molecule has 1 heterocycles. The number of hydrogen-bond acceptors (Lipinski definition) is 1. The lowest BCUT2D eigenvalue weighted by Crippen LogP contribution is -1.80. The van der Waals surface area contributed by atoms with Crippen LogP contribution in [0.15, 0.2) is 48.7 Å². The first-order valence-electron chi connectivity index (χ1n) is 5.61. The summed E-state index contributed by atoms with van der Waals surface area (Å²) in [6, 6.07) is 13.6. The second-order valence-corrected chi connectivity index (χ2v) is 4.51. The first kappa shape index (κ1) is 11.1. The summed E-state index contributed by atoms with van der Waals surface area (Å²) in [4.78, 5) is 13.9. The Bertz CT molecular complexity index is 730. The SMILES string of the molecule is O=Cc1c[nH]c2cc(-c3ccccc3Cl)ccc12. The molecule has 0 unspecified atom stereocenters. The molecule has 1 aromatic heterocycles. The third-order valence-electron chi connectivity index (χ3n) is 3.03. The maximum atomic E-state index is 10.8. The predicted molar refractivity (Wildman–Crippen MR) is 74.1 cm³/mol. The molecule has 0 atom stereocenters. The van der Waals surface area contributed by atoms with Gasteiger partial charge in [-0.05, 0) is 17.7 Å². The highest BCUT2D eigenvalue weighted by molar-refractivity contribution is 6.33. The maximum Gasteiger partial charge on any atom is 0.152 e. The summed E-state index contributed by atoms with van der Waals surface area (Å²) in [5.74, 6) is 0. The molecule has 2 aromatic carbocycles. The fourth-order valence-corrected chi connectivity index (χ4v) is 2.35. The van der Waals surface area contributed by atoms with E-state index in [1.54, 1.807) is 6.20 Å². The van der Waals surface area contributed by atoms with Gasteiger partial charge in [-0.25, -0.2) is 0 Å². The number of fused-ring (bicyclic) bond motifs is 1. The number of nitrogens with one attached hydrogen (secondary N) is 1. The zero-order chi connectivity index (χ0) is 12.5. The van der Waals surface area contributed by atoms with Gasteiger partial charge in [0.1, 0.15) is 0 Å². The van der Waals surface area contributed by atoms with E-state index in [1.807, 2.05) is 42.5 Å². The average molecular weight is 256 g/mol. The Morgan fingerprint density at radius 2 is 1.94 bits per heavy atom. The summed E-state index contributed by atoms with van der Waals surface area (Å²) in [5.41, 5.74) is 3.64. The Hall–Kier alpha value is -2.06. The lowest BCUT2D eigenvalue weighted by molar-refractivity contribution is 0.112. The van der Waals surface area contributed by atoms with E-state index in [1.165, 1.54) is 0 Å². The minimum atomic E-state index is 0.677. The number of H-pyrrole nitrogens is 1. The van der Waals surface area contributed by atoms with Crippen LogP contribution in [0.4, 0.5) is 0 Å². The van der Waals surface area contributed by atoms with Crippen molar-refractivity contribution in [3.8, 4) is 11.1 Å². The van der Waals surface area contributed by atoms with E-state index in [4.69, 9.17) is 11.6 Å². The van der Waals surface area contributed by atoms with E-state index in [9.17, 15) is 4.79 Å². The molecule has 0 radical (unpaired) electrons. The Morgan fingerprint density at radius 1 is 1.11 bits per heavy atom. The summed E-state index contributed by atoms with van der Waals surface area (Å²) >= 11 is 6.18. The number of carbonyl (C=O) groups is 1. The van der Waals surface area contributed by atoms with Gasteiger partial charge >= 0.3 is 0 Å². The van der Waals surface area contributed by atoms with Crippen LogP contribution in [0.3, 0.4) is 0 Å². The summed E-state index contributed by atoms with van der Waals surface area (Å²) < 4.78 is 0. The molecule has 0 spiro atoms. The van der Waals surface area contributed by atoms with Crippen LogP contribution in [0.2, 0.25) is 5.02 Å². The fourth-order valence-electron chi connectivity index (χ4n) is 2.11. The Morgan fingerprint density at radius 3 is 2.72 bits per heavy atom. The van der Waals surface area contributed by atoms with Crippen LogP contribution >= 0.6 is 11.6 Å². The van der Waals surface area contributed by atoms with Gasteiger partial charge in [0.2, 0.25) is 0 Å². The number of aromatic amines is 1. The van der Waals surface area contributed by atoms with Crippen LogP contribution in [0.25, 0.3) is 22.0 Å². The molecule has 0 aliphatic rings. The summed E-state index contributed by atoms with van der Waals surface area (Å²) in [5, 5.41) is 1.65. The van der Waals surface area contributed by atoms with E-state index in [2.05, 4.69) is 4.98 Å². The van der Waals surface area contributed by atoms with Gasteiger partial charge in [-0.1, -0.05) is 41.9 Å². The number of carbonyl (C=O) groups excluding carboxylic acids is 1. The van der Waals surface area contributed by atoms with Gasteiger partial charge in [-0.15, -0.1) is 0 Å². The summed E-state index contributed by atoms with van der Waals surface area (Å²) in [6.45, 7) is 0. The number of halogens is 1. The molecule has 0 saturated heterocycles. The minimum Gasteiger partial charge on any atom is -0.360 e. The first-order chi connectivity index (χ1) is 8.79. The zero-order valence-corrected chi connectivity index (χ0v) is 10.2. The van der Waals surface area contributed by atoms with E-state index >= 15 is 0 Å². The standard InChI is InChI=1S/C15H10ClNO/c16-14-4-2-1-3-12(14)10-5-6-13-11(9-18)8-17-15(13)7-10/h1-9,17H. The molecule has 3 aromatic rings. The van der Waals surface area contributed by atoms with Crippen LogP contribution in [0, 0.1) is 0 Å². The predicted octanol–water partition coefficient (Wildman–Crippen LogP) is 4.30. The lowest BCUT2D eigenvalue weighted by Gasteiger charge is -2.04. The van der Waals surface area contributed by atoms with Gasteiger partial charge in [0.25, 0.3) is 0 Å². The maximum absolute atomic E-state index is 10.8. The van der Waals surface area contributed by atoms with Gasteiger partial charge in [0, 0.05) is 33.2 Å². The molecule has 2 nitrogen and oxygen atoms in total. The van der Waals surface area contributed by atoms with Gasteiger partial charge in [0.05, 0.1) is 0 Å². The normalized spacial score (nSPS) is 10.7. The topological polar surface area (TPSA) is 32.9 Å². The van der Waals surface area contributed by atoms with E-state index < -0.39 is 0 Å². The number of benzene rings is 2. The number of aldehydes is 1. The number of rotatable bonds is 2. The number of aromatic nitrogens is 1. The molecule has 0 aliphatic heterocycles. The third kappa shape index (κ3) is 1.71. The van der Waals surface area contributed by atoms with Crippen molar-refractivity contribution < 1.29 is 4.79 Å². The summed E-state index contributed by atoms with van der Waals surface area (Å²) in [6.07, 6.45) is 2.57. The largest absolute Gasteiger partial charge is 0.360 e. The second kappa shape index (κ2) is 4.31. The van der Waals surface area contributed by atoms with Crippen molar-refractivity contribution in [3.63, 3.8) is 0 Å². The molecule has 3 heteroatoms. The van der Waals surface area contributed by atoms with Gasteiger partial charge in [-0.3, -0.25) is 4.79 Å². The van der Waals surface area contributed by atoms with Crippen LogP contribution in [-0.4, -0.2) is 11.3 Å². The first-order valence-corrected chi connectivity index (χ1v) is 5.98. The van der Waals surface area contributed by atoms with Crippen molar-refractivity contribution in [3.05, 3.63) is 59.2 Å². The highest BCUT2D eigenvalue weighted by Gasteiger charge is 2.06. The Labute approximate surface area is 109 Å². The smallest absolute Gasteiger partial charge is 0.152 e. The molecule has 1 N–H and O–H groups in total. The average Bonchev–Trinajstić information content (AvgIpc) is 2.81. The number of hydrogen-bond donors (Lipinski definition) is 1. The molecule has 0 aliphatic carbocycles. The molecule has 0 fully saturated rings. The van der Waals surface area contributed by atoms with Gasteiger partial charge < -0.3 is 4.98 Å². The molecule has 3 rings (SSSR count). The molecular weight excluding hydrogens is 246 g/mol. The van der Waals surface area contributed by atoms with Gasteiger partial charge in [0.15, 0.2) is 6.29 Å². The van der Waals surface area contributed by atoms with Crippen molar-refractivity contribution in [1.29, 1.82) is 0 Å². The van der Waals surface area contributed by atoms with Crippen molar-refractivity contribution in [1.82, 2.24) is 4.98 Å². The molecule has 18 heavy (non-hydrogen) atoms. The second-order valence-electron chi connectivity index (χ2n) is 4.10. The summed E-state index contributed by atoms with van der Waals surface area (Å²) in [7, 11) is 0. The van der Waals surface area contributed by atoms with Crippen molar-refractivity contribution in [2.75, 3.05) is 0 Å². The molecule has 0 saturated carbocycles. The van der Waals surface area contributed by atoms with Gasteiger partial charge in [-0.2, -0.15) is 0 Å². The highest BCUT2D eigenvalue weighted by Crippen LogP contribution is 2.30. The van der Waals surface area contributed by atoms with Crippen LogP contribution in [0.1, 0.15) is 10.4 Å². The Balaban J connectivity index is 2.20. The quantitative estimate of drug-likeness (QED) is 0.681. The monoisotopic (exact) mass is 255 g/mol. The van der Waals surface area contributed by atoms with Crippen molar-refractivity contribution in [2.45, 2.75) is 0 Å². The van der Waals surface area contributed by atoms with E-state index in [0.29, 0.717) is 5.56 Å². The zero-order valence-electron chi connectivity index (χ0n) is 9.48.